The SMILES string of the molecule is CCn1ncc2c(F)cc(-c3ccc(C4(O)CN(S(=O)(=O)C(C)C)C4)c(=O)[nH]3)cc21. The molecular formula is C20H23FN4O4S. The van der Waals surface area contributed by atoms with Crippen LogP contribution in [-0.4, -0.2) is 50.9 Å². The van der Waals surface area contributed by atoms with Gasteiger partial charge in [-0.2, -0.15) is 9.40 Å². The van der Waals surface area contributed by atoms with Crippen molar-refractivity contribution >= 4 is 20.9 Å². The number of hydrogen-bond acceptors (Lipinski definition) is 5. The van der Waals surface area contributed by atoms with E-state index in [9.17, 15) is 22.7 Å². The van der Waals surface area contributed by atoms with E-state index in [1.54, 1.807) is 30.7 Å². The number of nitrogens with one attached hydrogen (secondary N) is 1. The highest BCUT2D eigenvalue weighted by Gasteiger charge is 2.49. The number of aliphatic hydroxyl groups is 1. The number of aryl methyl sites for hydroxylation is 1. The molecule has 0 atom stereocenters. The van der Waals surface area contributed by atoms with Gasteiger partial charge in [0.25, 0.3) is 5.56 Å². The van der Waals surface area contributed by atoms with Crippen LogP contribution in [0.3, 0.4) is 0 Å². The van der Waals surface area contributed by atoms with Gasteiger partial charge >= 0.3 is 0 Å². The number of benzene rings is 1. The van der Waals surface area contributed by atoms with E-state index in [4.69, 9.17) is 0 Å². The summed E-state index contributed by atoms with van der Waals surface area (Å²) in [5.41, 5.74) is -0.525. The van der Waals surface area contributed by atoms with Crippen molar-refractivity contribution in [2.75, 3.05) is 13.1 Å². The lowest BCUT2D eigenvalue weighted by atomic mass is 9.89. The van der Waals surface area contributed by atoms with Gasteiger partial charge in [0.15, 0.2) is 0 Å². The molecule has 0 amide bonds. The number of aromatic amines is 1. The van der Waals surface area contributed by atoms with Gasteiger partial charge in [-0.05, 0) is 45.0 Å². The van der Waals surface area contributed by atoms with Crippen molar-refractivity contribution in [3.8, 4) is 11.3 Å². The first kappa shape index (κ1) is 20.7. The van der Waals surface area contributed by atoms with E-state index in [1.807, 2.05) is 6.92 Å². The normalized spacial score (nSPS) is 16.9. The molecule has 0 saturated carbocycles. The van der Waals surface area contributed by atoms with Gasteiger partial charge < -0.3 is 10.1 Å². The molecule has 3 aromatic rings. The van der Waals surface area contributed by atoms with E-state index in [0.717, 1.165) is 0 Å². The fourth-order valence-electron chi connectivity index (χ4n) is 3.74. The van der Waals surface area contributed by atoms with Gasteiger partial charge in [0, 0.05) is 30.9 Å². The number of H-pyrrole nitrogens is 1. The second kappa shape index (κ2) is 7.00. The fraction of sp³-hybridized carbons (Fsp3) is 0.400. The predicted molar refractivity (Wildman–Crippen MR) is 111 cm³/mol. The van der Waals surface area contributed by atoms with E-state index in [-0.39, 0.29) is 18.7 Å². The Labute approximate surface area is 173 Å². The summed E-state index contributed by atoms with van der Waals surface area (Å²) < 4.78 is 41.7. The molecule has 1 aromatic carbocycles. The third-order valence-corrected chi connectivity index (χ3v) is 7.73. The summed E-state index contributed by atoms with van der Waals surface area (Å²) >= 11 is 0. The molecule has 1 saturated heterocycles. The van der Waals surface area contributed by atoms with Gasteiger partial charge in [-0.1, -0.05) is 0 Å². The van der Waals surface area contributed by atoms with Gasteiger partial charge in [0.1, 0.15) is 11.4 Å². The summed E-state index contributed by atoms with van der Waals surface area (Å²) in [5, 5.41) is 14.7. The highest BCUT2D eigenvalue weighted by atomic mass is 32.2. The van der Waals surface area contributed by atoms with Crippen LogP contribution >= 0.6 is 0 Å². The van der Waals surface area contributed by atoms with Gasteiger partial charge in [0.05, 0.1) is 27.9 Å². The molecule has 0 bridgehead atoms. The van der Waals surface area contributed by atoms with E-state index in [1.165, 1.54) is 22.6 Å². The van der Waals surface area contributed by atoms with Crippen LogP contribution < -0.4 is 5.56 Å². The molecule has 0 unspecified atom stereocenters. The maximum atomic E-state index is 14.5. The molecule has 3 heterocycles. The quantitative estimate of drug-likeness (QED) is 0.637. The lowest BCUT2D eigenvalue weighted by Crippen LogP contribution is -2.63. The Morgan fingerprint density at radius 2 is 2.00 bits per heavy atom. The number of β-amino-alcohol motifs (C(OH)–C–C–N with tert-alkyl or cyclic N) is 1. The zero-order chi connectivity index (χ0) is 21.8. The topological polar surface area (TPSA) is 108 Å². The van der Waals surface area contributed by atoms with Crippen molar-refractivity contribution in [1.82, 2.24) is 19.1 Å². The highest BCUT2D eigenvalue weighted by molar-refractivity contribution is 7.89. The molecule has 0 aliphatic carbocycles. The minimum absolute atomic E-state index is 0.0848. The van der Waals surface area contributed by atoms with Crippen LogP contribution in [0.15, 0.2) is 35.3 Å². The number of sulfonamides is 1. The third-order valence-electron chi connectivity index (χ3n) is 5.56. The number of halogens is 1. The second-order valence-corrected chi connectivity index (χ2v) is 10.3. The summed E-state index contributed by atoms with van der Waals surface area (Å²) in [7, 11) is -3.50. The lowest BCUT2D eigenvalue weighted by molar-refractivity contribution is -0.0661. The monoisotopic (exact) mass is 434 g/mol. The number of hydrogen-bond donors (Lipinski definition) is 2. The average Bonchev–Trinajstić information content (AvgIpc) is 3.08. The first-order valence-corrected chi connectivity index (χ1v) is 11.2. The summed E-state index contributed by atoms with van der Waals surface area (Å²) in [5.74, 6) is -0.445. The summed E-state index contributed by atoms with van der Waals surface area (Å²) in [6.45, 7) is 5.25. The molecule has 4 rings (SSSR count). The minimum Gasteiger partial charge on any atom is -0.382 e. The highest BCUT2D eigenvalue weighted by Crippen LogP contribution is 2.34. The van der Waals surface area contributed by atoms with Crippen molar-refractivity contribution in [2.24, 2.45) is 0 Å². The largest absolute Gasteiger partial charge is 0.382 e. The number of aromatic nitrogens is 3. The summed E-state index contributed by atoms with van der Waals surface area (Å²) in [4.78, 5) is 15.4. The molecule has 1 fully saturated rings. The Balaban J connectivity index is 1.67. The summed E-state index contributed by atoms with van der Waals surface area (Å²) in [6, 6.07) is 6.12. The summed E-state index contributed by atoms with van der Waals surface area (Å²) in [6.07, 6.45) is 1.47. The van der Waals surface area contributed by atoms with Crippen molar-refractivity contribution in [2.45, 2.75) is 38.2 Å². The minimum atomic E-state index is -3.50. The average molecular weight is 434 g/mol. The Morgan fingerprint density at radius 1 is 1.30 bits per heavy atom. The first-order chi connectivity index (χ1) is 14.1. The van der Waals surface area contributed by atoms with E-state index >= 15 is 0 Å². The maximum absolute atomic E-state index is 14.5. The van der Waals surface area contributed by atoms with E-state index in [2.05, 4.69) is 10.1 Å². The molecule has 8 nitrogen and oxygen atoms in total. The molecule has 1 aliphatic heterocycles. The van der Waals surface area contributed by atoms with Crippen molar-refractivity contribution in [3.63, 3.8) is 0 Å². The van der Waals surface area contributed by atoms with Crippen LogP contribution in [0.2, 0.25) is 0 Å². The van der Waals surface area contributed by atoms with Gasteiger partial charge in [-0.25, -0.2) is 12.8 Å². The zero-order valence-corrected chi connectivity index (χ0v) is 17.7. The second-order valence-electron chi connectivity index (χ2n) is 7.86. The lowest BCUT2D eigenvalue weighted by Gasteiger charge is -2.45. The van der Waals surface area contributed by atoms with Crippen molar-refractivity contribution in [3.05, 3.63) is 52.2 Å². The maximum Gasteiger partial charge on any atom is 0.254 e. The third kappa shape index (κ3) is 3.15. The fourth-order valence-corrected chi connectivity index (χ4v) is 5.12. The van der Waals surface area contributed by atoms with Crippen LogP contribution in [0.4, 0.5) is 4.39 Å². The predicted octanol–water partition coefficient (Wildman–Crippen LogP) is 1.79. The van der Waals surface area contributed by atoms with Crippen LogP contribution in [0.25, 0.3) is 22.2 Å². The smallest absolute Gasteiger partial charge is 0.254 e. The van der Waals surface area contributed by atoms with Crippen LogP contribution in [0, 0.1) is 5.82 Å². The van der Waals surface area contributed by atoms with E-state index in [0.29, 0.717) is 28.7 Å². The van der Waals surface area contributed by atoms with Crippen LogP contribution in [0.5, 0.6) is 0 Å². The van der Waals surface area contributed by atoms with Crippen LogP contribution in [0.1, 0.15) is 26.3 Å². The molecule has 0 radical (unpaired) electrons. The molecule has 2 N–H and O–H groups in total. The molecule has 160 valence electrons. The number of fused-ring (bicyclic) bond motifs is 1. The Hall–Kier alpha value is -2.56. The first-order valence-electron chi connectivity index (χ1n) is 9.67. The molecule has 10 heteroatoms. The Kier molecular flexibility index (Phi) is 4.83. The molecule has 2 aromatic heterocycles. The molecule has 30 heavy (non-hydrogen) atoms. The van der Waals surface area contributed by atoms with Gasteiger partial charge in [0.2, 0.25) is 10.0 Å². The number of pyridine rings is 1. The van der Waals surface area contributed by atoms with Crippen molar-refractivity contribution < 1.29 is 17.9 Å². The number of rotatable bonds is 5. The van der Waals surface area contributed by atoms with Gasteiger partial charge in [-0.3, -0.25) is 9.48 Å². The molecule has 1 aliphatic rings. The zero-order valence-electron chi connectivity index (χ0n) is 16.9. The molecule has 0 spiro atoms. The van der Waals surface area contributed by atoms with Crippen molar-refractivity contribution in [1.29, 1.82) is 0 Å². The molecular weight excluding hydrogens is 411 g/mol. The van der Waals surface area contributed by atoms with E-state index < -0.39 is 32.3 Å². The van der Waals surface area contributed by atoms with Gasteiger partial charge in [-0.15, -0.1) is 0 Å². The Bertz CT molecular complexity index is 1290. The standard InChI is InChI=1S/C20H23FN4O4S/c1-4-25-18-8-13(7-16(21)14(18)9-22-25)17-6-5-15(19(26)23-17)20(27)10-24(11-20)30(28,29)12(2)3/h5-9,12,27H,4,10-11H2,1-3H3,(H,23,26). The van der Waals surface area contributed by atoms with Crippen LogP contribution in [-0.2, 0) is 22.2 Å². The Morgan fingerprint density at radius 3 is 2.60 bits per heavy atom. The number of nitrogens with zero attached hydrogens (tertiary/aromatic N) is 3.